The van der Waals surface area contributed by atoms with Crippen LogP contribution in [0.1, 0.15) is 42.7 Å². The maximum atomic E-state index is 13.5. The highest BCUT2D eigenvalue weighted by atomic mass is 35.5. The summed E-state index contributed by atoms with van der Waals surface area (Å²) in [6.07, 6.45) is 4.32. The number of hydrazone groups is 1. The van der Waals surface area contributed by atoms with Crippen molar-refractivity contribution >= 4 is 28.9 Å². The van der Waals surface area contributed by atoms with Gasteiger partial charge in [0.25, 0.3) is 5.91 Å². The molecule has 0 saturated heterocycles. The number of nitrogens with zero attached hydrogens (tertiary/aromatic N) is 3. The fourth-order valence-electron chi connectivity index (χ4n) is 4.48. The summed E-state index contributed by atoms with van der Waals surface area (Å²) in [5, 5.41) is 7.02. The van der Waals surface area contributed by atoms with Gasteiger partial charge in [-0.2, -0.15) is 5.10 Å². The van der Waals surface area contributed by atoms with Gasteiger partial charge in [-0.1, -0.05) is 41.9 Å². The molecule has 0 N–H and O–H groups in total. The molecule has 3 heterocycles. The Morgan fingerprint density at radius 1 is 1.13 bits per heavy atom. The normalized spacial score (nSPS) is 20.5. The summed E-state index contributed by atoms with van der Waals surface area (Å²) < 4.78 is 5.67. The third-order valence-corrected chi connectivity index (χ3v) is 6.44. The zero-order valence-electron chi connectivity index (χ0n) is 17.4. The first-order valence-corrected chi connectivity index (χ1v) is 11.0. The van der Waals surface area contributed by atoms with Crippen LogP contribution in [0.2, 0.25) is 5.02 Å². The number of carbonyl (C=O) groups is 1. The van der Waals surface area contributed by atoms with E-state index in [0.29, 0.717) is 17.5 Å². The van der Waals surface area contributed by atoms with Crippen molar-refractivity contribution in [2.24, 2.45) is 5.10 Å². The van der Waals surface area contributed by atoms with Crippen molar-refractivity contribution < 1.29 is 9.21 Å². The molecule has 2 aromatic carbocycles. The molecule has 0 bridgehead atoms. The van der Waals surface area contributed by atoms with Crippen LogP contribution >= 0.6 is 11.6 Å². The summed E-state index contributed by atoms with van der Waals surface area (Å²) in [5.41, 5.74) is 4.26. The Hall–Kier alpha value is -3.05. The van der Waals surface area contributed by atoms with Crippen LogP contribution in [0.15, 0.2) is 76.4 Å². The number of rotatable bonds is 4. The molecule has 5 rings (SSSR count). The Bertz CT molecular complexity index is 1110. The molecule has 1 aromatic heterocycles. The maximum absolute atomic E-state index is 13.5. The van der Waals surface area contributed by atoms with E-state index in [-0.39, 0.29) is 18.5 Å². The largest absolute Gasteiger partial charge is 0.467 e. The van der Waals surface area contributed by atoms with Crippen LogP contribution in [0.4, 0.5) is 5.69 Å². The van der Waals surface area contributed by atoms with E-state index >= 15 is 0 Å². The standard InChI is InChI=1S/C25H24ClN3O2/c1-17-8-9-19-5-2-3-6-22(19)28(17)16-25(30)29-23(24-7-4-14-31-24)15-21(27-29)18-10-12-20(26)13-11-18/h2-7,10-14,17,23H,8-9,15-16H2,1H3. The molecule has 158 valence electrons. The lowest BCUT2D eigenvalue weighted by Gasteiger charge is -2.37. The third-order valence-electron chi connectivity index (χ3n) is 6.19. The molecule has 2 unspecified atom stereocenters. The summed E-state index contributed by atoms with van der Waals surface area (Å²) in [6.45, 7) is 2.46. The van der Waals surface area contributed by atoms with Gasteiger partial charge in [-0.05, 0) is 61.2 Å². The molecule has 2 aliphatic heterocycles. The Kier molecular flexibility index (Phi) is 5.28. The highest BCUT2D eigenvalue weighted by Gasteiger charge is 2.36. The highest BCUT2D eigenvalue weighted by Crippen LogP contribution is 2.35. The maximum Gasteiger partial charge on any atom is 0.262 e. The van der Waals surface area contributed by atoms with Crippen molar-refractivity contribution in [1.29, 1.82) is 0 Å². The van der Waals surface area contributed by atoms with Crippen LogP contribution < -0.4 is 4.90 Å². The number of fused-ring (bicyclic) bond motifs is 1. The number of amides is 1. The fourth-order valence-corrected chi connectivity index (χ4v) is 4.60. The number of hydrogen-bond acceptors (Lipinski definition) is 4. The Morgan fingerprint density at radius 2 is 1.94 bits per heavy atom. The fraction of sp³-hybridized carbons (Fsp3) is 0.280. The van der Waals surface area contributed by atoms with E-state index in [0.717, 1.165) is 35.6 Å². The molecule has 0 saturated carbocycles. The first-order chi connectivity index (χ1) is 15.1. The van der Waals surface area contributed by atoms with Crippen molar-refractivity contribution in [3.8, 4) is 0 Å². The first kappa shape index (κ1) is 19.9. The number of para-hydroxylation sites is 1. The molecule has 2 aliphatic rings. The topological polar surface area (TPSA) is 49.1 Å². The minimum Gasteiger partial charge on any atom is -0.467 e. The number of furan rings is 1. The van der Waals surface area contributed by atoms with E-state index in [1.807, 2.05) is 42.5 Å². The Balaban J connectivity index is 1.44. The Labute approximate surface area is 186 Å². The van der Waals surface area contributed by atoms with E-state index in [4.69, 9.17) is 21.1 Å². The quantitative estimate of drug-likeness (QED) is 0.549. The molecule has 31 heavy (non-hydrogen) atoms. The summed E-state index contributed by atoms with van der Waals surface area (Å²) in [4.78, 5) is 15.7. The second-order valence-electron chi connectivity index (χ2n) is 8.17. The van der Waals surface area contributed by atoms with E-state index in [9.17, 15) is 4.79 Å². The van der Waals surface area contributed by atoms with Gasteiger partial charge in [0.05, 0.1) is 18.5 Å². The van der Waals surface area contributed by atoms with Gasteiger partial charge in [-0.3, -0.25) is 4.79 Å². The molecule has 0 spiro atoms. The zero-order valence-corrected chi connectivity index (χ0v) is 18.1. The molecule has 0 aliphatic carbocycles. The summed E-state index contributed by atoms with van der Waals surface area (Å²) in [5.74, 6) is 0.710. The van der Waals surface area contributed by atoms with Crippen molar-refractivity contribution in [3.05, 3.63) is 88.8 Å². The second-order valence-corrected chi connectivity index (χ2v) is 8.61. The van der Waals surface area contributed by atoms with E-state index in [1.54, 1.807) is 11.3 Å². The van der Waals surface area contributed by atoms with Gasteiger partial charge in [0.15, 0.2) is 0 Å². The SMILES string of the molecule is CC1CCc2ccccc2N1CC(=O)N1N=C(c2ccc(Cl)cc2)CC1c1ccco1. The van der Waals surface area contributed by atoms with Gasteiger partial charge in [0.1, 0.15) is 11.8 Å². The minimum absolute atomic E-state index is 0.0334. The predicted molar refractivity (Wildman–Crippen MR) is 122 cm³/mol. The second kappa shape index (κ2) is 8.23. The summed E-state index contributed by atoms with van der Waals surface area (Å²) in [7, 11) is 0. The number of benzene rings is 2. The molecule has 1 amide bonds. The van der Waals surface area contributed by atoms with Crippen molar-refractivity contribution in [2.45, 2.75) is 38.3 Å². The van der Waals surface area contributed by atoms with E-state index in [2.05, 4.69) is 30.0 Å². The predicted octanol–water partition coefficient (Wildman–Crippen LogP) is 5.45. The van der Waals surface area contributed by atoms with Gasteiger partial charge >= 0.3 is 0 Å². The smallest absolute Gasteiger partial charge is 0.262 e. The lowest BCUT2D eigenvalue weighted by molar-refractivity contribution is -0.132. The molecule has 0 radical (unpaired) electrons. The number of aryl methyl sites for hydroxylation is 1. The lowest BCUT2D eigenvalue weighted by atomic mass is 9.96. The molecule has 6 heteroatoms. The zero-order chi connectivity index (χ0) is 21.4. The minimum atomic E-state index is -0.247. The molecule has 2 atom stereocenters. The van der Waals surface area contributed by atoms with Gasteiger partial charge in [0, 0.05) is 23.2 Å². The van der Waals surface area contributed by atoms with Crippen LogP contribution in [0.5, 0.6) is 0 Å². The average molecular weight is 434 g/mol. The Morgan fingerprint density at radius 3 is 2.71 bits per heavy atom. The van der Waals surface area contributed by atoms with Crippen LogP contribution in [-0.4, -0.2) is 29.2 Å². The van der Waals surface area contributed by atoms with E-state index in [1.165, 1.54) is 5.56 Å². The van der Waals surface area contributed by atoms with Gasteiger partial charge < -0.3 is 9.32 Å². The molecular formula is C25H24ClN3O2. The van der Waals surface area contributed by atoms with Crippen molar-refractivity contribution in [1.82, 2.24) is 5.01 Å². The number of halogens is 1. The monoisotopic (exact) mass is 433 g/mol. The number of hydrogen-bond donors (Lipinski definition) is 0. The molecule has 0 fully saturated rings. The number of carbonyl (C=O) groups excluding carboxylic acids is 1. The van der Waals surface area contributed by atoms with Crippen LogP contribution in [0.3, 0.4) is 0 Å². The number of anilines is 1. The summed E-state index contributed by atoms with van der Waals surface area (Å²) >= 11 is 6.05. The van der Waals surface area contributed by atoms with E-state index < -0.39 is 0 Å². The third kappa shape index (κ3) is 3.86. The summed E-state index contributed by atoms with van der Waals surface area (Å²) in [6, 6.07) is 19.7. The molecule has 5 nitrogen and oxygen atoms in total. The van der Waals surface area contributed by atoms with Crippen LogP contribution in [0.25, 0.3) is 0 Å². The van der Waals surface area contributed by atoms with Crippen molar-refractivity contribution in [2.75, 3.05) is 11.4 Å². The molecule has 3 aromatic rings. The molecular weight excluding hydrogens is 410 g/mol. The average Bonchev–Trinajstić information content (AvgIpc) is 3.46. The first-order valence-electron chi connectivity index (χ1n) is 10.6. The lowest BCUT2D eigenvalue weighted by Crippen LogP contribution is -2.44. The van der Waals surface area contributed by atoms with Gasteiger partial charge in [0.2, 0.25) is 0 Å². The highest BCUT2D eigenvalue weighted by molar-refractivity contribution is 6.30. The van der Waals surface area contributed by atoms with Gasteiger partial charge in [-0.15, -0.1) is 0 Å². The van der Waals surface area contributed by atoms with Crippen molar-refractivity contribution in [3.63, 3.8) is 0 Å². The van der Waals surface area contributed by atoms with Gasteiger partial charge in [-0.25, -0.2) is 5.01 Å². The van der Waals surface area contributed by atoms with Crippen LogP contribution in [-0.2, 0) is 11.2 Å². The van der Waals surface area contributed by atoms with Crippen LogP contribution in [0, 0.1) is 0 Å².